The topological polar surface area (TPSA) is 422 Å². The van der Waals surface area contributed by atoms with Crippen LogP contribution in [-0.4, -0.2) is 261 Å². The van der Waals surface area contributed by atoms with Gasteiger partial charge in [0.15, 0.2) is 5.78 Å². The summed E-state index contributed by atoms with van der Waals surface area (Å²) in [6.07, 6.45) is 9.92. The van der Waals surface area contributed by atoms with Crippen LogP contribution < -0.4 is 40.4 Å². The largest absolute Gasteiger partial charge is 0.456 e. The summed E-state index contributed by atoms with van der Waals surface area (Å²) in [5.41, 5.74) is 12.4. The van der Waals surface area contributed by atoms with E-state index in [9.17, 15) is 66.7 Å². The van der Waals surface area contributed by atoms with E-state index in [-0.39, 0.29) is 85.8 Å². The Kier molecular flexibility index (Phi) is 39.6. The average molecular weight is 1940 g/mol. The number of aliphatic hydroxyl groups excluding tert-OH is 2. The molecular formula is C103H135ClFN15O19. The van der Waals surface area contributed by atoms with Crippen LogP contribution in [0.4, 0.5) is 32.8 Å². The number of nitrogens with zero attached hydrogens (tertiary/aromatic N) is 11. The second kappa shape index (κ2) is 50.6. The van der Waals surface area contributed by atoms with Crippen molar-refractivity contribution in [2.45, 2.75) is 201 Å². The van der Waals surface area contributed by atoms with E-state index >= 15 is 0 Å². The van der Waals surface area contributed by atoms with E-state index in [0.29, 0.717) is 68.9 Å². The fourth-order valence-corrected chi connectivity index (χ4v) is 17.5. The number of aldehydes is 1. The lowest BCUT2D eigenvalue weighted by Crippen LogP contribution is -2.54. The molecule has 6 N–H and O–H groups in total. The molecule has 9 aliphatic heterocycles. The van der Waals surface area contributed by atoms with Crippen molar-refractivity contribution in [2.24, 2.45) is 38.8 Å². The van der Waals surface area contributed by atoms with E-state index in [1.807, 2.05) is 135 Å². The van der Waals surface area contributed by atoms with Crippen molar-refractivity contribution in [3.8, 4) is 0 Å². The van der Waals surface area contributed by atoms with Gasteiger partial charge in [0, 0.05) is 159 Å². The number of rotatable bonds is 17. The highest BCUT2D eigenvalue weighted by molar-refractivity contribution is 6.25. The fourth-order valence-electron chi connectivity index (χ4n) is 17.5. The van der Waals surface area contributed by atoms with Crippen LogP contribution in [-0.2, 0) is 42.9 Å². The number of Topliss-reactive ketones (excluding diaryl/α,β-unsaturated/α-hetero) is 2. The summed E-state index contributed by atoms with van der Waals surface area (Å²) in [6, 6.07) is 36.9. The number of aliphatic hydroxyl groups is 2. The molecule has 6 amide bonds. The molecule has 2 unspecified atom stereocenters. The van der Waals surface area contributed by atoms with Gasteiger partial charge in [0.1, 0.15) is 46.3 Å². The first-order valence-electron chi connectivity index (χ1n) is 47.9. The Morgan fingerprint density at radius 2 is 0.770 bits per heavy atom. The van der Waals surface area contributed by atoms with Gasteiger partial charge in [0.05, 0.1) is 68.7 Å². The van der Waals surface area contributed by atoms with Crippen molar-refractivity contribution in [2.75, 3.05) is 149 Å². The number of imide groups is 3. The highest BCUT2D eigenvalue weighted by atomic mass is 35.5. The van der Waals surface area contributed by atoms with Crippen LogP contribution in [0, 0.1) is 35.0 Å². The van der Waals surface area contributed by atoms with E-state index in [0.717, 1.165) is 207 Å². The third-order valence-corrected chi connectivity index (χ3v) is 25.0. The van der Waals surface area contributed by atoms with Gasteiger partial charge in [-0.25, -0.2) is 23.6 Å². The number of benzene rings is 6. The molecule has 8 fully saturated rings. The number of anilines is 5. The number of ether oxygens (including phenoxy) is 4. The first-order chi connectivity index (χ1) is 66.0. The number of halogens is 2. The molecule has 9 heterocycles. The van der Waals surface area contributed by atoms with E-state index in [2.05, 4.69) is 72.2 Å². The van der Waals surface area contributed by atoms with Crippen LogP contribution in [0.1, 0.15) is 249 Å². The van der Waals surface area contributed by atoms with Gasteiger partial charge in [-0.15, -0.1) is 0 Å². The Balaban J connectivity index is 0.000000182. The van der Waals surface area contributed by atoms with Crippen LogP contribution in [0.3, 0.4) is 0 Å². The van der Waals surface area contributed by atoms with Gasteiger partial charge in [-0.05, 0) is 322 Å². The summed E-state index contributed by atoms with van der Waals surface area (Å²) in [5, 5.41) is 31.6. The van der Waals surface area contributed by atoms with Gasteiger partial charge in [0.25, 0.3) is 23.6 Å². The molecule has 7 saturated heterocycles. The molecule has 34 nitrogen and oxygen atoms in total. The minimum atomic E-state index is -0.923. The highest BCUT2D eigenvalue weighted by Gasteiger charge is 2.47. The molecule has 16 rings (SSSR count). The fraction of sp³-hybridized carbons (Fsp3) is 0.524. The lowest BCUT2D eigenvalue weighted by atomic mass is 9.92. The van der Waals surface area contributed by atoms with Crippen molar-refractivity contribution < 1.29 is 95.9 Å². The van der Waals surface area contributed by atoms with Crippen molar-refractivity contribution in [1.29, 1.82) is 5.53 Å². The van der Waals surface area contributed by atoms with Gasteiger partial charge < -0.3 is 69.1 Å². The second-order valence-corrected chi connectivity index (χ2v) is 40.1. The summed E-state index contributed by atoms with van der Waals surface area (Å²) in [7, 11) is 0. The molecule has 6 aromatic rings. The predicted molar refractivity (Wildman–Crippen MR) is 524 cm³/mol. The number of esters is 4. The standard InChI is InChI=1S/C35H42N4O6.C17H18N4O4.C17H25NO3.C17H23NO3.C11H13FO2.C6H13NO.ClHN4/c1-35(2,3)45-34(44)24-4-6-25(7-5-24)37-14-12-23(13-15-37)22-36-16-18-38(19-17-36)26-8-10-28-29(20-26)33(43)39(32(28)42)30-11-9-27(40)21-31(30)41;22-14-4-3-13(15(23)19-14)21-16(24)11-2-1-10(9-12(11)17(21)25)20-7-5-18-6-8-20;2*1-17(2,3)21-16(20)14-4-6-15(7-5-14)18-10-8-13(12-19)9-11-18;1-11(2,3)14-10(13)8-4-6-9(12)7-5-8;8-5-6-1-3-7-4-2-6;1-3-5-4-2/h4-8,10,20,23,30H,9,11-19,21-22H2,1-3H3;1-2,9,13,18H,3-8H2,(H,19,22,23);4-7,13,19H,8-12H2,1-3H3;4-7,12-13H,8-11H2,1-3H3;4-7H,1-3H3;6-8H,1-5H2;2H. The second-order valence-electron chi connectivity index (χ2n) is 39.9. The molecule has 1 saturated carbocycles. The lowest BCUT2D eigenvalue weighted by Gasteiger charge is -2.40. The number of hydrogen-bond donors (Lipinski definition) is 6. The molecule has 36 heteroatoms. The van der Waals surface area contributed by atoms with Crippen LogP contribution in [0.5, 0.6) is 0 Å². The molecule has 0 aromatic heterocycles. The van der Waals surface area contributed by atoms with Crippen LogP contribution in [0.25, 0.3) is 0 Å². The Labute approximate surface area is 817 Å². The van der Waals surface area contributed by atoms with Crippen LogP contribution >= 0.6 is 11.8 Å². The monoisotopic (exact) mass is 1940 g/mol. The maximum Gasteiger partial charge on any atom is 0.338 e. The summed E-state index contributed by atoms with van der Waals surface area (Å²) < 4.78 is 36.4. The minimum Gasteiger partial charge on any atom is -0.456 e. The first-order valence-corrected chi connectivity index (χ1v) is 48.2. The molecule has 0 radical (unpaired) electrons. The number of nitrogens with one attached hydrogen (secondary N) is 4. The van der Waals surface area contributed by atoms with Gasteiger partial charge in [0.2, 0.25) is 11.8 Å². The summed E-state index contributed by atoms with van der Waals surface area (Å²) in [4.78, 5) is 174. The molecule has 10 aliphatic rings. The van der Waals surface area contributed by atoms with Crippen molar-refractivity contribution in [1.82, 2.24) is 30.7 Å². The predicted octanol–water partition coefficient (Wildman–Crippen LogP) is 13.7. The number of ketones is 2. The Hall–Kier alpha value is -12.2. The van der Waals surface area contributed by atoms with E-state index in [1.54, 1.807) is 57.2 Å². The van der Waals surface area contributed by atoms with Crippen molar-refractivity contribution in [3.05, 3.63) is 184 Å². The number of hydrogen-bond acceptors (Lipinski definition) is 29. The maximum absolute atomic E-state index is 13.3. The third-order valence-electron chi connectivity index (χ3n) is 24.9. The molecule has 1 aliphatic carbocycles. The summed E-state index contributed by atoms with van der Waals surface area (Å²) in [6.45, 7) is 38.6. The van der Waals surface area contributed by atoms with Crippen LogP contribution in [0.2, 0.25) is 0 Å². The van der Waals surface area contributed by atoms with Gasteiger partial charge >= 0.3 is 23.9 Å². The SMILES string of the molecule is CC(C)(C)OC(=O)c1ccc(F)cc1.CC(C)(C)OC(=O)c1ccc(N2CCC(C=O)CC2)cc1.CC(C)(C)OC(=O)c1ccc(N2CCC(CN3CCN(c4ccc5c(c4)C(=O)N(C4CCC(=O)CC4=O)C5=O)CC3)CC2)cc1.CC(C)(C)OC(=O)c1ccc(N2CCC(CO)CC2)cc1.N=NN=NCl.O=C1CCC(N2C(=O)c3ccc(N4CCNCC4)cc3C2=O)C(=O)N1.OCC1CCNCC1. The number of carbonyl (C=O) groups is 13. The molecule has 0 bridgehead atoms. The maximum atomic E-state index is 13.3. The van der Waals surface area contributed by atoms with Crippen molar-refractivity contribution >= 4 is 117 Å². The number of fused-ring (bicyclic) bond motifs is 2. The number of amides is 6. The Morgan fingerprint density at radius 1 is 0.424 bits per heavy atom. The van der Waals surface area contributed by atoms with Gasteiger partial charge in [-0.1, -0.05) is 4.63 Å². The minimum absolute atomic E-state index is 0.121. The smallest absolute Gasteiger partial charge is 0.338 e. The molecule has 6 aromatic carbocycles. The molecule has 0 spiro atoms. The van der Waals surface area contributed by atoms with Crippen molar-refractivity contribution in [3.63, 3.8) is 0 Å². The Bertz CT molecular complexity index is 5270. The zero-order chi connectivity index (χ0) is 101. The zero-order valence-electron chi connectivity index (χ0n) is 81.9. The van der Waals surface area contributed by atoms with E-state index in [1.165, 1.54) is 24.3 Å². The van der Waals surface area contributed by atoms with Gasteiger partial charge in [-0.3, -0.25) is 58.4 Å². The highest BCUT2D eigenvalue weighted by Crippen LogP contribution is 2.36. The average Bonchev–Trinajstić information content (AvgIpc) is 1.61. The summed E-state index contributed by atoms with van der Waals surface area (Å²) in [5.74, 6) is -3.11. The molecule has 139 heavy (non-hydrogen) atoms. The number of piperidine rings is 5. The molecule has 2 atom stereocenters. The summed E-state index contributed by atoms with van der Waals surface area (Å²) >= 11 is 4.55. The first kappa shape index (κ1) is 109. The normalized spacial score (nSPS) is 19.2. The molecular weight excluding hydrogens is 1810 g/mol. The Morgan fingerprint density at radius 3 is 1.13 bits per heavy atom. The quantitative estimate of drug-likeness (QED) is 0.00939. The molecule has 750 valence electrons. The van der Waals surface area contributed by atoms with E-state index < -0.39 is 70.0 Å². The van der Waals surface area contributed by atoms with E-state index in [4.69, 9.17) is 34.7 Å². The number of piperazine rings is 2. The zero-order valence-corrected chi connectivity index (χ0v) is 82.6. The van der Waals surface area contributed by atoms with Crippen LogP contribution in [0.15, 0.2) is 149 Å². The van der Waals surface area contributed by atoms with Gasteiger partial charge in [-0.2, -0.15) is 5.53 Å². The lowest BCUT2D eigenvalue weighted by molar-refractivity contribution is -0.136. The third kappa shape index (κ3) is 32.5. The number of carbonyl (C=O) groups excluding carboxylic acids is 13.